The second-order valence-corrected chi connectivity index (χ2v) is 6.13. The number of nitrogens with two attached hydrogens (primary N) is 1. The second-order valence-electron chi connectivity index (χ2n) is 6.13. The molecule has 2 N–H and O–H groups in total. The molecule has 0 fully saturated rings. The van der Waals surface area contributed by atoms with Crippen molar-refractivity contribution in [1.29, 1.82) is 0 Å². The minimum Gasteiger partial charge on any atom is -0.454 e. The highest BCUT2D eigenvalue weighted by Gasteiger charge is 2.16. The van der Waals surface area contributed by atoms with Crippen molar-refractivity contribution in [3.63, 3.8) is 0 Å². The lowest BCUT2D eigenvalue weighted by atomic mass is 10.1. The maximum absolute atomic E-state index is 14.0. The summed E-state index contributed by atoms with van der Waals surface area (Å²) in [7, 11) is 0. The van der Waals surface area contributed by atoms with Crippen LogP contribution in [-0.2, 0) is 0 Å². The number of aryl methyl sites for hydroxylation is 2. The maximum Gasteiger partial charge on any atom is 0.178 e. The van der Waals surface area contributed by atoms with E-state index in [4.69, 9.17) is 10.5 Å². The Morgan fingerprint density at radius 3 is 2.52 bits per heavy atom. The Morgan fingerprint density at radius 2 is 1.74 bits per heavy atom. The van der Waals surface area contributed by atoms with Gasteiger partial charge in [-0.05, 0) is 55.8 Å². The van der Waals surface area contributed by atoms with Crippen LogP contribution < -0.4 is 10.5 Å². The molecule has 6 nitrogen and oxygen atoms in total. The van der Waals surface area contributed by atoms with Crippen molar-refractivity contribution >= 4 is 11.3 Å². The lowest BCUT2D eigenvalue weighted by Gasteiger charge is -2.14. The normalized spacial score (nSPS) is 11.1. The van der Waals surface area contributed by atoms with Crippen LogP contribution in [0.2, 0.25) is 0 Å². The number of nitrogens with zero attached hydrogens (tertiary/aromatic N) is 4. The van der Waals surface area contributed by atoms with Crippen molar-refractivity contribution in [2.75, 3.05) is 5.73 Å². The van der Waals surface area contributed by atoms with E-state index in [1.165, 1.54) is 6.07 Å². The van der Waals surface area contributed by atoms with Gasteiger partial charge < -0.3 is 10.5 Å². The first-order valence-corrected chi connectivity index (χ1v) is 8.15. The molecule has 0 bridgehead atoms. The third-order valence-corrected chi connectivity index (χ3v) is 4.11. The van der Waals surface area contributed by atoms with E-state index in [0.29, 0.717) is 34.2 Å². The van der Waals surface area contributed by atoms with Crippen molar-refractivity contribution in [3.8, 4) is 22.8 Å². The van der Waals surface area contributed by atoms with Crippen LogP contribution in [0.1, 0.15) is 11.4 Å². The third kappa shape index (κ3) is 3.05. The summed E-state index contributed by atoms with van der Waals surface area (Å²) in [6, 6.07) is 9.92. The number of benzene rings is 2. The predicted octanol–water partition coefficient (Wildman–Crippen LogP) is 4.06. The number of fused-ring (bicyclic) bond motifs is 1. The molecule has 27 heavy (non-hydrogen) atoms. The molecule has 0 saturated carbocycles. The zero-order chi connectivity index (χ0) is 19.1. The fraction of sp³-hybridized carbons (Fsp3) is 0.105. The van der Waals surface area contributed by atoms with Gasteiger partial charge in [-0.2, -0.15) is 9.61 Å². The van der Waals surface area contributed by atoms with E-state index in [2.05, 4.69) is 15.3 Å². The van der Waals surface area contributed by atoms with Crippen molar-refractivity contribution in [3.05, 3.63) is 65.5 Å². The molecule has 2 heterocycles. The number of aromatic nitrogens is 4. The number of halogens is 2. The highest BCUT2D eigenvalue weighted by Crippen LogP contribution is 2.36. The van der Waals surface area contributed by atoms with Gasteiger partial charge in [0.15, 0.2) is 23.0 Å². The largest absolute Gasteiger partial charge is 0.454 e. The summed E-state index contributed by atoms with van der Waals surface area (Å²) < 4.78 is 34.5. The quantitative estimate of drug-likeness (QED) is 0.553. The van der Waals surface area contributed by atoms with Crippen LogP contribution in [0, 0.1) is 25.5 Å². The Balaban J connectivity index is 1.87. The molecule has 4 rings (SSSR count). The van der Waals surface area contributed by atoms with E-state index in [1.807, 2.05) is 13.0 Å². The van der Waals surface area contributed by atoms with Crippen molar-refractivity contribution in [1.82, 2.24) is 19.8 Å². The van der Waals surface area contributed by atoms with E-state index in [9.17, 15) is 8.78 Å². The molecule has 0 unspecified atom stereocenters. The lowest BCUT2D eigenvalue weighted by Crippen LogP contribution is -2.01. The summed E-state index contributed by atoms with van der Waals surface area (Å²) >= 11 is 0. The van der Waals surface area contributed by atoms with Crippen LogP contribution in [0.4, 0.5) is 14.5 Å². The van der Waals surface area contributed by atoms with E-state index < -0.39 is 11.6 Å². The predicted molar refractivity (Wildman–Crippen MR) is 96.5 cm³/mol. The fourth-order valence-electron chi connectivity index (χ4n) is 2.79. The van der Waals surface area contributed by atoms with Crippen molar-refractivity contribution in [2.24, 2.45) is 0 Å². The first kappa shape index (κ1) is 16.9. The molecule has 2 aromatic carbocycles. The Bertz CT molecular complexity index is 1170. The first-order chi connectivity index (χ1) is 12.9. The number of nitrogen functional groups attached to an aromatic ring is 1. The lowest BCUT2D eigenvalue weighted by molar-refractivity contribution is 0.439. The molecule has 0 radical (unpaired) electrons. The molecule has 0 atom stereocenters. The van der Waals surface area contributed by atoms with Crippen LogP contribution in [0.25, 0.3) is 16.9 Å². The van der Waals surface area contributed by atoms with Crippen LogP contribution >= 0.6 is 0 Å². The molecule has 0 aliphatic heterocycles. The van der Waals surface area contributed by atoms with E-state index in [-0.39, 0.29) is 5.75 Å². The highest BCUT2D eigenvalue weighted by atomic mass is 19.1. The average molecular weight is 367 g/mol. The van der Waals surface area contributed by atoms with Gasteiger partial charge in [-0.15, -0.1) is 10.2 Å². The molecule has 0 saturated heterocycles. The Hall–Kier alpha value is -3.55. The van der Waals surface area contributed by atoms with Gasteiger partial charge in [-0.3, -0.25) is 0 Å². The SMILES string of the molecule is Cc1cc2nnc(C)n2nc1-c1cc(N)ccc1Oc1ccc(F)cc1F. The number of anilines is 1. The van der Waals surface area contributed by atoms with Crippen LogP contribution in [0.15, 0.2) is 42.5 Å². The summed E-state index contributed by atoms with van der Waals surface area (Å²) in [6.07, 6.45) is 0. The third-order valence-electron chi connectivity index (χ3n) is 4.11. The molecule has 136 valence electrons. The molecule has 2 aromatic heterocycles. The van der Waals surface area contributed by atoms with Gasteiger partial charge in [-0.1, -0.05) is 0 Å². The topological polar surface area (TPSA) is 78.3 Å². The van der Waals surface area contributed by atoms with Gasteiger partial charge in [0.1, 0.15) is 11.6 Å². The van der Waals surface area contributed by atoms with Gasteiger partial charge in [0.05, 0.1) is 5.69 Å². The maximum atomic E-state index is 14.0. The molecule has 0 aliphatic rings. The smallest absolute Gasteiger partial charge is 0.178 e. The highest BCUT2D eigenvalue weighted by molar-refractivity contribution is 5.74. The van der Waals surface area contributed by atoms with E-state index in [1.54, 1.807) is 29.6 Å². The average Bonchev–Trinajstić information content (AvgIpc) is 2.98. The van der Waals surface area contributed by atoms with E-state index in [0.717, 1.165) is 17.7 Å². The fourth-order valence-corrected chi connectivity index (χ4v) is 2.79. The summed E-state index contributed by atoms with van der Waals surface area (Å²) in [5.41, 5.74) is 9.05. The molecular weight excluding hydrogens is 352 g/mol. The first-order valence-electron chi connectivity index (χ1n) is 8.15. The molecule has 0 amide bonds. The van der Waals surface area contributed by atoms with Crippen LogP contribution in [-0.4, -0.2) is 19.8 Å². The minimum atomic E-state index is -0.799. The van der Waals surface area contributed by atoms with Crippen molar-refractivity contribution < 1.29 is 13.5 Å². The summed E-state index contributed by atoms with van der Waals surface area (Å²) in [5.74, 6) is -0.602. The zero-order valence-electron chi connectivity index (χ0n) is 14.6. The van der Waals surface area contributed by atoms with Gasteiger partial charge in [0.25, 0.3) is 0 Å². The van der Waals surface area contributed by atoms with Gasteiger partial charge >= 0.3 is 0 Å². The molecule has 0 spiro atoms. The number of rotatable bonds is 3. The Kier molecular flexibility index (Phi) is 3.95. The van der Waals surface area contributed by atoms with Gasteiger partial charge in [0, 0.05) is 17.3 Å². The summed E-state index contributed by atoms with van der Waals surface area (Å²) in [4.78, 5) is 0. The number of hydrogen-bond acceptors (Lipinski definition) is 5. The van der Waals surface area contributed by atoms with Crippen LogP contribution in [0.5, 0.6) is 11.5 Å². The summed E-state index contributed by atoms with van der Waals surface area (Å²) in [6.45, 7) is 3.66. The Morgan fingerprint density at radius 1 is 0.963 bits per heavy atom. The van der Waals surface area contributed by atoms with Gasteiger partial charge in [-0.25, -0.2) is 8.78 Å². The summed E-state index contributed by atoms with van der Waals surface area (Å²) in [5, 5.41) is 12.6. The molecule has 4 aromatic rings. The van der Waals surface area contributed by atoms with Crippen molar-refractivity contribution in [2.45, 2.75) is 13.8 Å². The van der Waals surface area contributed by atoms with Gasteiger partial charge in [0.2, 0.25) is 0 Å². The monoisotopic (exact) mass is 367 g/mol. The Labute approximate surface area is 153 Å². The zero-order valence-corrected chi connectivity index (χ0v) is 14.6. The molecule has 8 heteroatoms. The van der Waals surface area contributed by atoms with E-state index >= 15 is 0 Å². The molecule has 0 aliphatic carbocycles. The number of ether oxygens (including phenoxy) is 1. The van der Waals surface area contributed by atoms with Crippen LogP contribution in [0.3, 0.4) is 0 Å². The molecular formula is C19H15F2N5O. The number of hydrogen-bond donors (Lipinski definition) is 1. The standard InChI is InChI=1S/C19H15F2N5O/c1-10-7-18-24-23-11(2)26(18)25-19(10)14-9-13(22)4-6-16(14)27-17-5-3-12(20)8-15(17)21/h3-9H,22H2,1-2H3. The minimum absolute atomic E-state index is 0.0957. The second kappa shape index (κ2) is 6.31.